The minimum atomic E-state index is -0.353. The molecule has 0 bridgehead atoms. The van der Waals surface area contributed by atoms with Gasteiger partial charge in [0.05, 0.1) is 12.6 Å². The molecule has 0 aliphatic rings. The molecule has 10 nitrogen and oxygen atoms in total. The van der Waals surface area contributed by atoms with Gasteiger partial charge < -0.3 is 10.5 Å². The van der Waals surface area contributed by atoms with Crippen LogP contribution in [0.2, 0.25) is 0 Å². The van der Waals surface area contributed by atoms with Crippen LogP contribution in [0.1, 0.15) is 10.4 Å². The fourth-order valence-electron chi connectivity index (χ4n) is 2.61. The van der Waals surface area contributed by atoms with E-state index >= 15 is 0 Å². The Morgan fingerprint density at radius 2 is 1.89 bits per heavy atom. The zero-order valence-corrected chi connectivity index (χ0v) is 14.8. The van der Waals surface area contributed by atoms with Crippen LogP contribution in [0.25, 0.3) is 16.9 Å². The van der Waals surface area contributed by atoms with Gasteiger partial charge in [0, 0.05) is 5.56 Å². The van der Waals surface area contributed by atoms with Gasteiger partial charge in [-0.05, 0) is 36.4 Å². The number of nitrogens with one attached hydrogen (secondary N) is 2. The molecule has 2 heterocycles. The largest absolute Gasteiger partial charge is 0.497 e. The number of carbonyl (C=O) groups is 1. The highest BCUT2D eigenvalue weighted by molar-refractivity contribution is 5.95. The summed E-state index contributed by atoms with van der Waals surface area (Å²) in [5.41, 5.74) is 13.6. The standard InChI is InChI=1S/C18H16N8O2/c1-28-12-8-6-11(7-9-12)18(27)24-23-16-15(19)17(21-10-20-16)26-14-5-3-2-4-13(14)22-25-26/h2-10H,19H2,1H3,(H,24,27)(H,20,21,23). The van der Waals surface area contributed by atoms with Crippen LogP contribution < -0.4 is 21.3 Å². The number of para-hydroxylation sites is 1. The number of hydrazine groups is 1. The third-order valence-corrected chi connectivity index (χ3v) is 4.06. The Labute approximate surface area is 159 Å². The lowest BCUT2D eigenvalue weighted by Crippen LogP contribution is -2.30. The predicted molar refractivity (Wildman–Crippen MR) is 103 cm³/mol. The Morgan fingerprint density at radius 1 is 1.11 bits per heavy atom. The third-order valence-electron chi connectivity index (χ3n) is 4.06. The lowest BCUT2D eigenvalue weighted by molar-refractivity contribution is 0.0962. The average molecular weight is 376 g/mol. The van der Waals surface area contributed by atoms with Crippen molar-refractivity contribution in [2.75, 3.05) is 18.3 Å². The smallest absolute Gasteiger partial charge is 0.269 e. The number of nitrogens with zero attached hydrogens (tertiary/aromatic N) is 5. The fraction of sp³-hybridized carbons (Fsp3) is 0.0556. The summed E-state index contributed by atoms with van der Waals surface area (Å²) in [5, 5.41) is 8.19. The number of methoxy groups -OCH3 is 1. The van der Waals surface area contributed by atoms with Crippen molar-refractivity contribution in [3.05, 3.63) is 60.4 Å². The molecule has 4 aromatic rings. The molecule has 0 unspecified atom stereocenters. The predicted octanol–water partition coefficient (Wildman–Crippen LogP) is 1.56. The van der Waals surface area contributed by atoms with Gasteiger partial charge in [-0.15, -0.1) is 5.10 Å². The molecule has 0 aliphatic heterocycles. The maximum absolute atomic E-state index is 12.3. The van der Waals surface area contributed by atoms with E-state index in [2.05, 4.69) is 31.1 Å². The van der Waals surface area contributed by atoms with Crippen LogP contribution in [-0.4, -0.2) is 38.0 Å². The van der Waals surface area contributed by atoms with Gasteiger partial charge >= 0.3 is 0 Å². The average Bonchev–Trinajstić information content (AvgIpc) is 3.17. The number of amides is 1. The molecule has 0 saturated carbocycles. The van der Waals surface area contributed by atoms with Crippen LogP contribution in [0.5, 0.6) is 5.75 Å². The summed E-state index contributed by atoms with van der Waals surface area (Å²) in [6, 6.07) is 14.1. The van der Waals surface area contributed by atoms with Crippen LogP contribution in [0.4, 0.5) is 11.5 Å². The maximum Gasteiger partial charge on any atom is 0.269 e. The SMILES string of the molecule is COc1ccc(C(=O)NNc2ncnc(-n3nnc4ccccc43)c2N)cc1. The number of rotatable bonds is 5. The molecule has 0 fully saturated rings. The van der Waals surface area contributed by atoms with Crippen LogP contribution in [0.15, 0.2) is 54.9 Å². The molecule has 1 amide bonds. The number of carbonyl (C=O) groups excluding carboxylic acids is 1. The number of nitrogens with two attached hydrogens (primary N) is 1. The second-order valence-electron chi connectivity index (χ2n) is 5.76. The van der Waals surface area contributed by atoms with Gasteiger partial charge in [0.1, 0.15) is 23.3 Å². The molecular formula is C18H16N8O2. The van der Waals surface area contributed by atoms with Gasteiger partial charge in [-0.3, -0.25) is 15.6 Å². The van der Waals surface area contributed by atoms with Gasteiger partial charge in [0.25, 0.3) is 5.91 Å². The summed E-state index contributed by atoms with van der Waals surface area (Å²) in [6.45, 7) is 0. The molecule has 0 spiro atoms. The molecule has 4 N–H and O–H groups in total. The molecule has 0 radical (unpaired) electrons. The monoisotopic (exact) mass is 376 g/mol. The summed E-state index contributed by atoms with van der Waals surface area (Å²) in [5.74, 6) is 0.902. The zero-order valence-electron chi connectivity index (χ0n) is 14.8. The summed E-state index contributed by atoms with van der Waals surface area (Å²) in [6.07, 6.45) is 1.32. The number of ether oxygens (including phenoxy) is 1. The Kier molecular flexibility index (Phi) is 4.42. The van der Waals surface area contributed by atoms with E-state index < -0.39 is 0 Å². The third kappa shape index (κ3) is 3.14. The normalized spacial score (nSPS) is 10.6. The number of hydrogen-bond acceptors (Lipinski definition) is 8. The first-order chi connectivity index (χ1) is 13.7. The molecule has 28 heavy (non-hydrogen) atoms. The Balaban J connectivity index is 1.56. The number of aromatic nitrogens is 5. The minimum absolute atomic E-state index is 0.216. The van der Waals surface area contributed by atoms with Crippen LogP contribution in [-0.2, 0) is 0 Å². The molecule has 10 heteroatoms. The Bertz CT molecular complexity index is 1140. The lowest BCUT2D eigenvalue weighted by atomic mass is 10.2. The van der Waals surface area contributed by atoms with Crippen molar-refractivity contribution in [2.24, 2.45) is 0 Å². The molecule has 0 atom stereocenters. The van der Waals surface area contributed by atoms with E-state index in [0.29, 0.717) is 22.6 Å². The number of benzene rings is 2. The second-order valence-corrected chi connectivity index (χ2v) is 5.76. The summed E-state index contributed by atoms with van der Waals surface area (Å²) in [4.78, 5) is 20.6. The summed E-state index contributed by atoms with van der Waals surface area (Å²) >= 11 is 0. The van der Waals surface area contributed by atoms with Crippen LogP contribution in [0, 0.1) is 0 Å². The van der Waals surface area contributed by atoms with Gasteiger partial charge in [-0.1, -0.05) is 17.3 Å². The number of anilines is 2. The quantitative estimate of drug-likeness (QED) is 0.447. The molecule has 0 saturated heterocycles. The first kappa shape index (κ1) is 17.2. The van der Waals surface area contributed by atoms with E-state index in [1.165, 1.54) is 11.0 Å². The molecule has 140 valence electrons. The van der Waals surface area contributed by atoms with Gasteiger partial charge in [0.15, 0.2) is 11.6 Å². The van der Waals surface area contributed by atoms with Gasteiger partial charge in [-0.25, -0.2) is 9.97 Å². The first-order valence-electron chi connectivity index (χ1n) is 8.29. The molecular weight excluding hydrogens is 360 g/mol. The molecule has 4 rings (SSSR count). The topological polar surface area (TPSA) is 133 Å². The number of nitrogen functional groups attached to an aromatic ring is 1. The summed E-state index contributed by atoms with van der Waals surface area (Å²) < 4.78 is 6.60. The number of hydrogen-bond donors (Lipinski definition) is 3. The van der Waals surface area contributed by atoms with Gasteiger partial charge in [0.2, 0.25) is 0 Å². The van der Waals surface area contributed by atoms with Crippen molar-refractivity contribution in [1.29, 1.82) is 0 Å². The Hall–Kier alpha value is -4.21. The van der Waals surface area contributed by atoms with E-state index in [-0.39, 0.29) is 17.4 Å². The highest BCUT2D eigenvalue weighted by Crippen LogP contribution is 2.23. The van der Waals surface area contributed by atoms with Crippen molar-refractivity contribution in [2.45, 2.75) is 0 Å². The lowest BCUT2D eigenvalue weighted by Gasteiger charge is -2.12. The number of fused-ring (bicyclic) bond motifs is 1. The van der Waals surface area contributed by atoms with Crippen molar-refractivity contribution in [3.63, 3.8) is 0 Å². The highest BCUT2D eigenvalue weighted by Gasteiger charge is 2.15. The Morgan fingerprint density at radius 3 is 2.68 bits per heavy atom. The second kappa shape index (κ2) is 7.19. The van der Waals surface area contributed by atoms with Crippen LogP contribution in [0.3, 0.4) is 0 Å². The van der Waals surface area contributed by atoms with Crippen molar-refractivity contribution in [3.8, 4) is 11.6 Å². The van der Waals surface area contributed by atoms with Gasteiger partial charge in [-0.2, -0.15) is 4.68 Å². The molecule has 0 aliphatic carbocycles. The van der Waals surface area contributed by atoms with E-state index in [1.54, 1.807) is 31.4 Å². The van der Waals surface area contributed by atoms with E-state index in [0.717, 1.165) is 5.52 Å². The van der Waals surface area contributed by atoms with Crippen molar-refractivity contribution >= 4 is 28.4 Å². The van der Waals surface area contributed by atoms with Crippen molar-refractivity contribution in [1.82, 2.24) is 30.4 Å². The molecule has 2 aromatic heterocycles. The fourth-order valence-corrected chi connectivity index (χ4v) is 2.61. The van der Waals surface area contributed by atoms with E-state index in [1.807, 2.05) is 24.3 Å². The van der Waals surface area contributed by atoms with Crippen molar-refractivity contribution < 1.29 is 9.53 Å². The zero-order chi connectivity index (χ0) is 19.5. The van der Waals surface area contributed by atoms with E-state index in [4.69, 9.17) is 10.5 Å². The van der Waals surface area contributed by atoms with Crippen LogP contribution >= 0.6 is 0 Å². The first-order valence-corrected chi connectivity index (χ1v) is 8.29. The summed E-state index contributed by atoms with van der Waals surface area (Å²) in [7, 11) is 1.56. The maximum atomic E-state index is 12.3. The molecule has 2 aromatic carbocycles. The highest BCUT2D eigenvalue weighted by atomic mass is 16.5. The minimum Gasteiger partial charge on any atom is -0.497 e. The van der Waals surface area contributed by atoms with E-state index in [9.17, 15) is 4.79 Å².